The Morgan fingerprint density at radius 2 is 2.20 bits per heavy atom. The van der Waals surface area contributed by atoms with Crippen molar-refractivity contribution in [1.82, 2.24) is 4.90 Å². The van der Waals surface area contributed by atoms with Crippen LogP contribution in [-0.2, 0) is 4.74 Å². The van der Waals surface area contributed by atoms with Crippen molar-refractivity contribution in [2.45, 2.75) is 18.7 Å². The summed E-state index contributed by atoms with van der Waals surface area (Å²) in [5.41, 5.74) is 0.599. The molecule has 0 aliphatic carbocycles. The number of hydrogen-bond donors (Lipinski definition) is 0. The number of amides is 1. The average Bonchev–Trinajstić information content (AvgIpc) is 2.44. The summed E-state index contributed by atoms with van der Waals surface area (Å²) in [6.45, 7) is 3.54. The largest absolute Gasteiger partial charge is 0.494 e. The van der Waals surface area contributed by atoms with Crippen LogP contribution in [0.4, 0.5) is 0 Å². The minimum atomic E-state index is -0.214. The second-order valence-electron chi connectivity index (χ2n) is 4.61. The Hall–Kier alpha value is -1.26. The van der Waals surface area contributed by atoms with Crippen LogP contribution in [0.3, 0.4) is 0 Å². The van der Waals surface area contributed by atoms with E-state index in [1.807, 2.05) is 19.1 Å². The van der Waals surface area contributed by atoms with Crippen molar-refractivity contribution in [1.29, 1.82) is 0 Å². The van der Waals surface area contributed by atoms with Crippen LogP contribution in [0, 0.1) is 0 Å². The Balaban J connectivity index is 2.66. The molecule has 0 heterocycles. The van der Waals surface area contributed by atoms with Crippen LogP contribution in [0.5, 0.6) is 5.75 Å². The number of benzene rings is 1. The van der Waals surface area contributed by atoms with Gasteiger partial charge in [0.1, 0.15) is 5.75 Å². The molecule has 0 N–H and O–H groups in total. The van der Waals surface area contributed by atoms with E-state index in [0.29, 0.717) is 31.1 Å². The molecule has 0 saturated carbocycles. The second kappa shape index (κ2) is 8.82. The molecule has 1 unspecified atom stereocenters. The number of hydrogen-bond acceptors (Lipinski definition) is 3. The van der Waals surface area contributed by atoms with Crippen molar-refractivity contribution >= 4 is 17.5 Å². The normalized spacial score (nSPS) is 12.0. The summed E-state index contributed by atoms with van der Waals surface area (Å²) in [6, 6.07) is 7.20. The van der Waals surface area contributed by atoms with E-state index < -0.39 is 0 Å². The lowest BCUT2D eigenvalue weighted by Gasteiger charge is -2.20. The molecule has 1 aromatic rings. The standard InChI is InChI=1S/C15H22ClNO3/c1-4-8-20-14-7-5-6-12(9-14)15(18)17(2)10-13(16)11-19-3/h5-7,9,13H,4,8,10-11H2,1-3H3. The van der Waals surface area contributed by atoms with Crippen LogP contribution in [0.1, 0.15) is 23.7 Å². The first-order valence-corrected chi connectivity index (χ1v) is 7.13. The van der Waals surface area contributed by atoms with Crippen molar-refractivity contribution in [2.75, 3.05) is 33.9 Å². The van der Waals surface area contributed by atoms with Gasteiger partial charge in [-0.2, -0.15) is 0 Å². The highest BCUT2D eigenvalue weighted by atomic mass is 35.5. The maximum absolute atomic E-state index is 12.3. The third-order valence-electron chi connectivity index (χ3n) is 2.72. The van der Waals surface area contributed by atoms with Gasteiger partial charge in [0.05, 0.1) is 18.6 Å². The summed E-state index contributed by atoms with van der Waals surface area (Å²) in [5.74, 6) is 0.638. The zero-order valence-electron chi connectivity index (χ0n) is 12.3. The number of carbonyl (C=O) groups excluding carboxylic acids is 1. The number of rotatable bonds is 8. The molecule has 20 heavy (non-hydrogen) atoms. The number of nitrogens with zero attached hydrogens (tertiary/aromatic N) is 1. The first kappa shape index (κ1) is 16.8. The first-order valence-electron chi connectivity index (χ1n) is 6.69. The number of ether oxygens (including phenoxy) is 2. The molecule has 5 heteroatoms. The fraction of sp³-hybridized carbons (Fsp3) is 0.533. The van der Waals surface area contributed by atoms with Crippen molar-refractivity contribution in [2.24, 2.45) is 0 Å². The number of halogens is 1. The summed E-state index contributed by atoms with van der Waals surface area (Å²) >= 11 is 6.06. The molecule has 0 fully saturated rings. The van der Waals surface area contributed by atoms with Gasteiger partial charge in [-0.15, -0.1) is 11.6 Å². The van der Waals surface area contributed by atoms with Crippen molar-refractivity contribution in [3.05, 3.63) is 29.8 Å². The Kier molecular flexibility index (Phi) is 7.41. The van der Waals surface area contributed by atoms with Crippen LogP contribution in [0.2, 0.25) is 0 Å². The number of methoxy groups -OCH3 is 1. The molecule has 0 aromatic heterocycles. The van der Waals surface area contributed by atoms with E-state index in [1.54, 1.807) is 31.2 Å². The topological polar surface area (TPSA) is 38.8 Å². The Morgan fingerprint density at radius 1 is 1.45 bits per heavy atom. The fourth-order valence-electron chi connectivity index (χ4n) is 1.77. The van der Waals surface area contributed by atoms with E-state index in [1.165, 1.54) is 0 Å². The van der Waals surface area contributed by atoms with Gasteiger partial charge in [0.2, 0.25) is 0 Å². The Labute approximate surface area is 125 Å². The highest BCUT2D eigenvalue weighted by Crippen LogP contribution is 2.15. The third kappa shape index (κ3) is 5.39. The predicted molar refractivity (Wildman–Crippen MR) is 80.7 cm³/mol. The van der Waals surface area contributed by atoms with E-state index >= 15 is 0 Å². The minimum Gasteiger partial charge on any atom is -0.494 e. The SMILES string of the molecule is CCCOc1cccc(C(=O)N(C)CC(Cl)COC)c1. The second-order valence-corrected chi connectivity index (χ2v) is 5.23. The van der Waals surface area contributed by atoms with Gasteiger partial charge in [0, 0.05) is 26.3 Å². The molecule has 112 valence electrons. The number of alkyl halides is 1. The molecule has 1 amide bonds. The first-order chi connectivity index (χ1) is 9.58. The Bertz CT molecular complexity index is 425. The van der Waals surface area contributed by atoms with Crippen LogP contribution in [-0.4, -0.2) is 50.1 Å². The molecule has 1 atom stereocenters. The molecule has 0 aliphatic rings. The van der Waals surface area contributed by atoms with E-state index in [0.717, 1.165) is 6.42 Å². The number of carbonyl (C=O) groups is 1. The van der Waals surface area contributed by atoms with Crippen LogP contribution < -0.4 is 4.74 Å². The van der Waals surface area contributed by atoms with Crippen molar-refractivity contribution < 1.29 is 14.3 Å². The van der Waals surface area contributed by atoms with Crippen LogP contribution >= 0.6 is 11.6 Å². The summed E-state index contributed by atoms with van der Waals surface area (Å²) in [4.78, 5) is 13.9. The zero-order chi connectivity index (χ0) is 15.0. The molecular formula is C15H22ClNO3. The quantitative estimate of drug-likeness (QED) is 0.693. The molecule has 4 nitrogen and oxygen atoms in total. The molecule has 0 saturated heterocycles. The molecule has 0 spiro atoms. The maximum Gasteiger partial charge on any atom is 0.253 e. The molecule has 1 aromatic carbocycles. The molecular weight excluding hydrogens is 278 g/mol. The monoisotopic (exact) mass is 299 g/mol. The third-order valence-corrected chi connectivity index (χ3v) is 2.98. The summed E-state index contributed by atoms with van der Waals surface area (Å²) in [7, 11) is 3.32. The summed E-state index contributed by atoms with van der Waals surface area (Å²) in [6.07, 6.45) is 0.934. The molecule has 0 aliphatic heterocycles. The van der Waals surface area contributed by atoms with Gasteiger partial charge in [0.25, 0.3) is 5.91 Å². The van der Waals surface area contributed by atoms with Gasteiger partial charge < -0.3 is 14.4 Å². The van der Waals surface area contributed by atoms with Gasteiger partial charge in [-0.05, 0) is 24.6 Å². The fourth-order valence-corrected chi connectivity index (χ4v) is 2.11. The van der Waals surface area contributed by atoms with Gasteiger partial charge in [-0.1, -0.05) is 13.0 Å². The summed E-state index contributed by atoms with van der Waals surface area (Å²) in [5, 5.41) is -0.214. The lowest BCUT2D eigenvalue weighted by Crippen LogP contribution is -2.33. The maximum atomic E-state index is 12.3. The van der Waals surface area contributed by atoms with E-state index in [2.05, 4.69) is 0 Å². The van der Waals surface area contributed by atoms with E-state index in [-0.39, 0.29) is 11.3 Å². The van der Waals surface area contributed by atoms with E-state index in [9.17, 15) is 4.79 Å². The average molecular weight is 300 g/mol. The van der Waals surface area contributed by atoms with Gasteiger partial charge in [-0.3, -0.25) is 4.79 Å². The molecule has 0 bridgehead atoms. The van der Waals surface area contributed by atoms with E-state index in [4.69, 9.17) is 21.1 Å². The lowest BCUT2D eigenvalue weighted by atomic mass is 10.2. The summed E-state index contributed by atoms with van der Waals surface area (Å²) < 4.78 is 10.5. The highest BCUT2D eigenvalue weighted by molar-refractivity contribution is 6.21. The lowest BCUT2D eigenvalue weighted by molar-refractivity contribution is 0.0781. The van der Waals surface area contributed by atoms with Crippen LogP contribution in [0.15, 0.2) is 24.3 Å². The van der Waals surface area contributed by atoms with Crippen molar-refractivity contribution in [3.63, 3.8) is 0 Å². The van der Waals surface area contributed by atoms with Gasteiger partial charge in [-0.25, -0.2) is 0 Å². The smallest absolute Gasteiger partial charge is 0.253 e. The zero-order valence-corrected chi connectivity index (χ0v) is 13.0. The Morgan fingerprint density at radius 3 is 2.85 bits per heavy atom. The van der Waals surface area contributed by atoms with Crippen LogP contribution in [0.25, 0.3) is 0 Å². The minimum absolute atomic E-state index is 0.0753. The molecule has 0 radical (unpaired) electrons. The predicted octanol–water partition coefficient (Wildman–Crippen LogP) is 2.80. The molecule has 1 rings (SSSR count). The highest BCUT2D eigenvalue weighted by Gasteiger charge is 2.16. The van der Waals surface area contributed by atoms with Gasteiger partial charge >= 0.3 is 0 Å². The van der Waals surface area contributed by atoms with Crippen molar-refractivity contribution in [3.8, 4) is 5.75 Å². The van der Waals surface area contributed by atoms with Gasteiger partial charge in [0.15, 0.2) is 0 Å².